The molecule has 1 N–H and O–H groups in total. The van der Waals surface area contributed by atoms with Gasteiger partial charge < -0.3 is 9.80 Å². The number of H-pyrrole nitrogens is 1. The molecule has 8 nitrogen and oxygen atoms in total. The van der Waals surface area contributed by atoms with Gasteiger partial charge in [-0.25, -0.2) is 4.98 Å². The van der Waals surface area contributed by atoms with Gasteiger partial charge in [0, 0.05) is 50.4 Å². The van der Waals surface area contributed by atoms with Crippen LogP contribution in [0.15, 0.2) is 30.9 Å². The lowest BCUT2D eigenvalue weighted by Gasteiger charge is -2.48. The molecule has 0 aromatic carbocycles. The Labute approximate surface area is 151 Å². The number of amides is 2. The van der Waals surface area contributed by atoms with Crippen LogP contribution in [-0.2, 0) is 11.3 Å². The number of aromatic amines is 1. The van der Waals surface area contributed by atoms with E-state index in [0.29, 0.717) is 26.1 Å². The highest BCUT2D eigenvalue weighted by molar-refractivity contribution is 5.90. The SMILES string of the molecule is O=C1CC[C@]2(CCCN(C(=O)c3ncn[nH]3)C2)CN1Cc1ccncc1. The largest absolute Gasteiger partial charge is 0.338 e. The van der Waals surface area contributed by atoms with E-state index in [1.54, 1.807) is 12.4 Å². The Morgan fingerprint density at radius 2 is 2.08 bits per heavy atom. The lowest BCUT2D eigenvalue weighted by Crippen LogP contribution is -2.54. The molecule has 0 radical (unpaired) electrons. The predicted octanol–water partition coefficient (Wildman–Crippen LogP) is 1.24. The second kappa shape index (κ2) is 6.86. The molecule has 0 aliphatic carbocycles. The van der Waals surface area contributed by atoms with Crippen LogP contribution in [-0.4, -0.2) is 61.4 Å². The molecule has 136 valence electrons. The lowest BCUT2D eigenvalue weighted by atomic mass is 9.73. The zero-order valence-electron chi connectivity index (χ0n) is 14.6. The van der Waals surface area contributed by atoms with Crippen LogP contribution in [0.25, 0.3) is 0 Å². The van der Waals surface area contributed by atoms with Crippen LogP contribution < -0.4 is 0 Å². The Hall–Kier alpha value is -2.77. The van der Waals surface area contributed by atoms with Gasteiger partial charge in [0.25, 0.3) is 5.91 Å². The number of carbonyl (C=O) groups is 2. The molecule has 8 heteroatoms. The summed E-state index contributed by atoms with van der Waals surface area (Å²) in [5, 5.41) is 6.42. The molecule has 2 aliphatic rings. The molecule has 2 amide bonds. The van der Waals surface area contributed by atoms with Gasteiger partial charge in [-0.15, -0.1) is 0 Å². The number of hydrogen-bond donors (Lipinski definition) is 1. The third-order valence-electron chi connectivity index (χ3n) is 5.44. The molecule has 2 aromatic rings. The molecule has 0 saturated carbocycles. The molecule has 1 spiro atoms. The van der Waals surface area contributed by atoms with Gasteiger partial charge in [0.05, 0.1) is 0 Å². The average Bonchev–Trinajstić information content (AvgIpc) is 3.20. The van der Waals surface area contributed by atoms with Crippen molar-refractivity contribution >= 4 is 11.8 Å². The van der Waals surface area contributed by atoms with Crippen molar-refractivity contribution in [3.8, 4) is 0 Å². The van der Waals surface area contributed by atoms with Crippen molar-refractivity contribution in [1.29, 1.82) is 0 Å². The summed E-state index contributed by atoms with van der Waals surface area (Å²) >= 11 is 0. The number of carbonyl (C=O) groups excluding carboxylic acids is 2. The standard InChI is InChI=1S/C18H22N6O2/c25-15-2-6-18(12-24(15)10-14-3-7-19-8-4-14)5-1-9-23(11-18)17(26)16-20-13-21-22-16/h3-4,7-8,13H,1-2,5-6,9-12H2,(H,20,21,22)/t18-/m0/s1. The highest BCUT2D eigenvalue weighted by Crippen LogP contribution is 2.39. The van der Waals surface area contributed by atoms with Crippen LogP contribution in [0.1, 0.15) is 41.9 Å². The molecule has 0 bridgehead atoms. The Morgan fingerprint density at radius 3 is 2.85 bits per heavy atom. The van der Waals surface area contributed by atoms with Gasteiger partial charge in [-0.3, -0.25) is 19.7 Å². The van der Waals surface area contributed by atoms with E-state index >= 15 is 0 Å². The number of aromatic nitrogens is 4. The highest BCUT2D eigenvalue weighted by Gasteiger charge is 2.43. The summed E-state index contributed by atoms with van der Waals surface area (Å²) in [5.74, 6) is 0.354. The van der Waals surface area contributed by atoms with Crippen molar-refractivity contribution in [3.05, 3.63) is 42.2 Å². The zero-order valence-corrected chi connectivity index (χ0v) is 14.6. The molecule has 2 saturated heterocycles. The number of pyridine rings is 1. The molecular formula is C18H22N6O2. The van der Waals surface area contributed by atoms with Crippen LogP contribution >= 0.6 is 0 Å². The highest BCUT2D eigenvalue weighted by atomic mass is 16.2. The molecule has 4 heterocycles. The first-order valence-electron chi connectivity index (χ1n) is 8.97. The van der Waals surface area contributed by atoms with Crippen LogP contribution in [0, 0.1) is 5.41 Å². The number of nitrogens with zero attached hydrogens (tertiary/aromatic N) is 5. The molecular weight excluding hydrogens is 332 g/mol. The second-order valence-electron chi connectivity index (χ2n) is 7.27. The fourth-order valence-electron chi connectivity index (χ4n) is 4.13. The van der Waals surface area contributed by atoms with Crippen molar-refractivity contribution in [2.75, 3.05) is 19.6 Å². The monoisotopic (exact) mass is 354 g/mol. The molecule has 26 heavy (non-hydrogen) atoms. The molecule has 2 aromatic heterocycles. The van der Waals surface area contributed by atoms with Crippen molar-refractivity contribution in [2.45, 2.75) is 32.2 Å². The normalized spacial score (nSPS) is 23.5. The summed E-state index contributed by atoms with van der Waals surface area (Å²) in [6.45, 7) is 2.67. The number of likely N-dealkylation sites (tertiary alicyclic amines) is 2. The van der Waals surface area contributed by atoms with E-state index in [9.17, 15) is 9.59 Å². The van der Waals surface area contributed by atoms with Crippen LogP contribution in [0.3, 0.4) is 0 Å². The van der Waals surface area contributed by atoms with Gasteiger partial charge in [-0.2, -0.15) is 5.10 Å². The summed E-state index contributed by atoms with van der Waals surface area (Å²) < 4.78 is 0. The molecule has 4 rings (SSSR count). The first-order chi connectivity index (χ1) is 12.7. The molecule has 2 fully saturated rings. The number of nitrogens with one attached hydrogen (secondary N) is 1. The number of piperidine rings is 2. The average molecular weight is 354 g/mol. The topological polar surface area (TPSA) is 95.1 Å². The van der Waals surface area contributed by atoms with Gasteiger partial charge in [-0.1, -0.05) is 0 Å². The fraction of sp³-hybridized carbons (Fsp3) is 0.500. The van der Waals surface area contributed by atoms with Crippen LogP contribution in [0.2, 0.25) is 0 Å². The van der Waals surface area contributed by atoms with Crippen LogP contribution in [0.5, 0.6) is 0 Å². The summed E-state index contributed by atoms with van der Waals surface area (Å²) in [6.07, 6.45) is 8.19. The van der Waals surface area contributed by atoms with Gasteiger partial charge in [0.15, 0.2) is 0 Å². The first-order valence-corrected chi connectivity index (χ1v) is 8.97. The Bertz CT molecular complexity index is 778. The molecule has 0 unspecified atom stereocenters. The zero-order chi connectivity index (χ0) is 18.0. The van der Waals surface area contributed by atoms with Crippen molar-refractivity contribution < 1.29 is 9.59 Å². The van der Waals surface area contributed by atoms with E-state index in [4.69, 9.17) is 0 Å². The molecule has 1 atom stereocenters. The minimum Gasteiger partial charge on any atom is -0.338 e. The maximum absolute atomic E-state index is 12.6. The lowest BCUT2D eigenvalue weighted by molar-refractivity contribution is -0.139. The Morgan fingerprint density at radius 1 is 1.23 bits per heavy atom. The third kappa shape index (κ3) is 3.31. The number of hydrogen-bond acceptors (Lipinski definition) is 5. The summed E-state index contributed by atoms with van der Waals surface area (Å²) in [7, 11) is 0. The predicted molar refractivity (Wildman–Crippen MR) is 92.8 cm³/mol. The summed E-state index contributed by atoms with van der Waals surface area (Å²) in [4.78, 5) is 36.9. The van der Waals surface area contributed by atoms with E-state index in [1.807, 2.05) is 21.9 Å². The van der Waals surface area contributed by atoms with Crippen molar-refractivity contribution in [2.24, 2.45) is 5.41 Å². The van der Waals surface area contributed by atoms with Crippen molar-refractivity contribution in [3.63, 3.8) is 0 Å². The van der Waals surface area contributed by atoms with E-state index in [2.05, 4.69) is 20.2 Å². The Kier molecular flexibility index (Phi) is 4.40. The summed E-state index contributed by atoms with van der Waals surface area (Å²) in [5.41, 5.74) is 1.05. The van der Waals surface area contributed by atoms with Crippen molar-refractivity contribution in [1.82, 2.24) is 30.0 Å². The van der Waals surface area contributed by atoms with E-state index < -0.39 is 0 Å². The fourth-order valence-corrected chi connectivity index (χ4v) is 4.13. The summed E-state index contributed by atoms with van der Waals surface area (Å²) in [6, 6.07) is 3.88. The van der Waals surface area contributed by atoms with E-state index in [1.165, 1.54) is 6.33 Å². The second-order valence-corrected chi connectivity index (χ2v) is 7.27. The van der Waals surface area contributed by atoms with Gasteiger partial charge in [0.2, 0.25) is 11.7 Å². The van der Waals surface area contributed by atoms with E-state index in [-0.39, 0.29) is 23.1 Å². The Balaban J connectivity index is 1.48. The quantitative estimate of drug-likeness (QED) is 0.895. The number of rotatable bonds is 3. The van der Waals surface area contributed by atoms with Gasteiger partial charge in [-0.05, 0) is 37.0 Å². The van der Waals surface area contributed by atoms with Gasteiger partial charge in [0.1, 0.15) is 6.33 Å². The maximum Gasteiger partial charge on any atom is 0.291 e. The first kappa shape index (κ1) is 16.7. The minimum absolute atomic E-state index is 0.0329. The third-order valence-corrected chi connectivity index (χ3v) is 5.44. The minimum atomic E-state index is -0.112. The van der Waals surface area contributed by atoms with Crippen LogP contribution in [0.4, 0.5) is 0 Å². The maximum atomic E-state index is 12.6. The van der Waals surface area contributed by atoms with Gasteiger partial charge >= 0.3 is 0 Å². The van der Waals surface area contributed by atoms with E-state index in [0.717, 1.165) is 31.4 Å². The smallest absolute Gasteiger partial charge is 0.291 e. The molecule has 2 aliphatic heterocycles.